The number of aliphatic carboxylic acids is 1. The third kappa shape index (κ3) is 5.26. The van der Waals surface area contributed by atoms with Crippen LogP contribution in [0.25, 0.3) is 0 Å². The van der Waals surface area contributed by atoms with Crippen molar-refractivity contribution in [2.24, 2.45) is 0 Å². The highest BCUT2D eigenvalue weighted by atomic mass is 16.5. The van der Waals surface area contributed by atoms with Crippen molar-refractivity contribution in [3.63, 3.8) is 0 Å². The van der Waals surface area contributed by atoms with Gasteiger partial charge in [0.1, 0.15) is 24.0 Å². The summed E-state index contributed by atoms with van der Waals surface area (Å²) in [5.41, 5.74) is 6.63. The van der Waals surface area contributed by atoms with E-state index in [0.717, 1.165) is 11.1 Å². The molecule has 0 fully saturated rings. The fourth-order valence-corrected chi connectivity index (χ4v) is 2.83. The lowest BCUT2D eigenvalue weighted by Crippen LogP contribution is -2.24. The summed E-state index contributed by atoms with van der Waals surface area (Å²) in [6.45, 7) is 8.95. The second-order valence-electron chi connectivity index (χ2n) is 6.15. The lowest BCUT2D eigenvalue weighted by Gasteiger charge is -2.31. The monoisotopic (exact) mass is 362 g/mol. The van der Waals surface area contributed by atoms with E-state index in [1.165, 1.54) is 12.5 Å². The largest absolute Gasteiger partial charge is 0.481 e. The molecule has 27 heavy (non-hydrogen) atoms. The first-order valence-corrected chi connectivity index (χ1v) is 8.44. The lowest BCUT2D eigenvalue weighted by molar-refractivity contribution is -0.137. The van der Waals surface area contributed by atoms with E-state index >= 15 is 0 Å². The predicted octanol–water partition coefficient (Wildman–Crippen LogP) is 5.21. The zero-order chi connectivity index (χ0) is 19.7. The molecule has 0 unspecified atom stereocenters. The van der Waals surface area contributed by atoms with E-state index in [4.69, 9.17) is 9.47 Å². The highest BCUT2D eigenvalue weighted by Crippen LogP contribution is 2.38. The third-order valence-electron chi connectivity index (χ3n) is 4.38. The normalized spacial score (nSPS) is 12.0. The van der Waals surface area contributed by atoms with Crippen LogP contribution in [0.4, 0.5) is 0 Å². The second-order valence-corrected chi connectivity index (χ2v) is 6.15. The molecule has 0 saturated heterocycles. The van der Waals surface area contributed by atoms with E-state index < -0.39 is 11.4 Å². The number of hydrogen-bond donors (Lipinski definition) is 1. The molecule has 2 rings (SSSR count). The molecule has 0 saturated carbocycles. The van der Waals surface area contributed by atoms with Crippen LogP contribution >= 0.6 is 0 Å². The van der Waals surface area contributed by atoms with Crippen molar-refractivity contribution in [3.8, 4) is 11.5 Å². The second kappa shape index (κ2) is 9.30. The maximum atomic E-state index is 11.2. The fraction of sp³-hybridized carbons (Fsp3) is 0.174. The maximum Gasteiger partial charge on any atom is 0.303 e. The minimum absolute atomic E-state index is 0.0609. The first-order valence-electron chi connectivity index (χ1n) is 8.44. The van der Waals surface area contributed by atoms with Crippen LogP contribution in [0.3, 0.4) is 0 Å². The Morgan fingerprint density at radius 2 is 1.37 bits per heavy atom. The van der Waals surface area contributed by atoms with Gasteiger partial charge >= 0.3 is 5.97 Å². The van der Waals surface area contributed by atoms with Crippen LogP contribution in [0.2, 0.25) is 0 Å². The van der Waals surface area contributed by atoms with E-state index in [0.29, 0.717) is 17.9 Å². The molecule has 1 N–H and O–H groups in total. The van der Waals surface area contributed by atoms with Crippen LogP contribution in [-0.4, -0.2) is 11.1 Å². The topological polar surface area (TPSA) is 55.8 Å². The van der Waals surface area contributed by atoms with Crippen LogP contribution in [0.15, 0.2) is 85.7 Å². The molecule has 2 aromatic carbocycles. The molecule has 2 aromatic rings. The molecule has 0 aliphatic heterocycles. The van der Waals surface area contributed by atoms with Gasteiger partial charge in [-0.3, -0.25) is 4.79 Å². The minimum atomic E-state index is -0.826. The summed E-state index contributed by atoms with van der Waals surface area (Å²) in [6, 6.07) is 15.1. The lowest BCUT2D eigenvalue weighted by atomic mass is 9.73. The molecule has 4 heteroatoms. The van der Waals surface area contributed by atoms with Gasteiger partial charge in [-0.25, -0.2) is 0 Å². The number of carboxylic acid groups (broad SMARTS) is 1. The molecule has 0 radical (unpaired) electrons. The molecule has 4 nitrogen and oxygen atoms in total. The Morgan fingerprint density at radius 1 is 0.963 bits per heavy atom. The van der Waals surface area contributed by atoms with Gasteiger partial charge in [-0.1, -0.05) is 55.8 Å². The van der Waals surface area contributed by atoms with Crippen LogP contribution in [0, 0.1) is 0 Å². The van der Waals surface area contributed by atoms with Crippen molar-refractivity contribution < 1.29 is 19.4 Å². The standard InChI is InChI=1S/C23H22O4/c1-4-16-26-20-10-6-18(7-11-20)23(3,15-14-22(24)25)19-8-12-21(13-9-19)27-17-5-2/h6-13,16-17H,1-2,14-15H2,3H3,(H,24,25). The van der Waals surface area contributed by atoms with Gasteiger partial charge in [0, 0.05) is 11.8 Å². The number of hydrogen-bond acceptors (Lipinski definition) is 3. The Hall–Kier alpha value is -3.45. The van der Waals surface area contributed by atoms with Crippen molar-refractivity contribution in [3.05, 3.63) is 96.8 Å². The van der Waals surface area contributed by atoms with Gasteiger partial charge in [0.25, 0.3) is 0 Å². The highest BCUT2D eigenvalue weighted by Gasteiger charge is 2.29. The van der Waals surface area contributed by atoms with Gasteiger partial charge in [-0.05, 0) is 41.8 Å². The van der Waals surface area contributed by atoms with Crippen molar-refractivity contribution >= 4 is 5.97 Å². The summed E-state index contributed by atoms with van der Waals surface area (Å²) < 4.78 is 10.7. The van der Waals surface area contributed by atoms with Crippen molar-refractivity contribution in [1.29, 1.82) is 0 Å². The Kier molecular flexibility index (Phi) is 6.85. The first kappa shape index (κ1) is 19.9. The van der Waals surface area contributed by atoms with Crippen LogP contribution in [0.1, 0.15) is 30.9 Å². The van der Waals surface area contributed by atoms with Crippen molar-refractivity contribution in [2.45, 2.75) is 25.2 Å². The number of carbonyl (C=O) groups is 1. The van der Waals surface area contributed by atoms with Gasteiger partial charge in [0.05, 0.1) is 0 Å². The van der Waals surface area contributed by atoms with Gasteiger partial charge in [-0.2, -0.15) is 0 Å². The maximum absolute atomic E-state index is 11.2. The molecule has 0 spiro atoms. The number of benzene rings is 2. The summed E-state index contributed by atoms with van der Waals surface area (Å²) in [5, 5.41) is 9.18. The first-order chi connectivity index (χ1) is 13.0. The third-order valence-corrected chi connectivity index (χ3v) is 4.38. The summed E-state index contributed by atoms with van der Waals surface area (Å²) in [7, 11) is 0. The summed E-state index contributed by atoms with van der Waals surface area (Å²) in [4.78, 5) is 11.2. The molecular weight excluding hydrogens is 340 g/mol. The van der Waals surface area contributed by atoms with E-state index in [1.54, 1.807) is 0 Å². The smallest absolute Gasteiger partial charge is 0.303 e. The summed E-state index contributed by atoms with van der Waals surface area (Å²) in [5.74, 6) is 0.499. The molecule has 0 heterocycles. The molecule has 0 aliphatic carbocycles. The Labute approximate surface area is 159 Å². The predicted molar refractivity (Wildman–Crippen MR) is 105 cm³/mol. The molecule has 0 bridgehead atoms. The van der Waals surface area contributed by atoms with E-state index in [9.17, 15) is 9.90 Å². The number of rotatable bonds is 9. The molecule has 0 aromatic heterocycles. The molecule has 0 amide bonds. The van der Waals surface area contributed by atoms with E-state index in [-0.39, 0.29) is 6.42 Å². The zero-order valence-corrected chi connectivity index (χ0v) is 15.3. The van der Waals surface area contributed by atoms with Crippen LogP contribution in [-0.2, 0) is 10.2 Å². The summed E-state index contributed by atoms with van der Waals surface area (Å²) in [6.07, 6.45) is 3.29. The van der Waals surface area contributed by atoms with Gasteiger partial charge in [0.15, 0.2) is 0 Å². The quantitative estimate of drug-likeness (QED) is 0.491. The van der Waals surface area contributed by atoms with Crippen molar-refractivity contribution in [2.75, 3.05) is 0 Å². The van der Waals surface area contributed by atoms with Crippen LogP contribution < -0.4 is 9.47 Å². The minimum Gasteiger partial charge on any atom is -0.481 e. The van der Waals surface area contributed by atoms with Gasteiger partial charge < -0.3 is 14.6 Å². The molecule has 0 atom stereocenters. The molecule has 138 valence electrons. The Balaban J connectivity index is 2.37. The Bertz CT molecular complexity index is 802. The Morgan fingerprint density at radius 3 is 1.70 bits per heavy atom. The molecule has 0 aliphatic rings. The fourth-order valence-electron chi connectivity index (χ4n) is 2.83. The van der Waals surface area contributed by atoms with Crippen molar-refractivity contribution in [1.82, 2.24) is 0 Å². The zero-order valence-electron chi connectivity index (χ0n) is 15.3. The van der Waals surface area contributed by atoms with E-state index in [1.807, 2.05) is 55.5 Å². The number of carboxylic acids is 1. The SMILES string of the molecule is C=C=COc1ccc(C(C)(CCC(=O)O)c2ccc(OC=C=C)cc2)cc1. The van der Waals surface area contributed by atoms with Gasteiger partial charge in [-0.15, -0.1) is 0 Å². The van der Waals surface area contributed by atoms with E-state index in [2.05, 4.69) is 24.6 Å². The molecular formula is C23H22O4. The average Bonchev–Trinajstić information content (AvgIpc) is 2.69. The highest BCUT2D eigenvalue weighted by molar-refractivity contribution is 5.67. The number of ether oxygens (including phenoxy) is 2. The van der Waals surface area contributed by atoms with Gasteiger partial charge in [0.2, 0.25) is 0 Å². The average molecular weight is 362 g/mol. The van der Waals surface area contributed by atoms with Crippen LogP contribution in [0.5, 0.6) is 11.5 Å². The summed E-state index contributed by atoms with van der Waals surface area (Å²) >= 11 is 0.